The Balaban J connectivity index is 1.50. The molecule has 9 nitrogen and oxygen atoms in total. The molecular formula is C26H19Br2N3O6S. The Morgan fingerprint density at radius 1 is 1.13 bits per heavy atom. The van der Waals surface area contributed by atoms with E-state index in [0.717, 1.165) is 5.56 Å². The number of aliphatic imine (C=N–C) groups is 1. The number of likely N-dealkylation sites (N-methyl/N-ethyl adjacent to an activating group) is 1. The maximum atomic E-state index is 12.9. The highest BCUT2D eigenvalue weighted by atomic mass is 79.9. The van der Waals surface area contributed by atoms with Crippen LogP contribution in [0.15, 0.2) is 79.5 Å². The number of amidine groups is 1. The fourth-order valence-corrected chi connectivity index (χ4v) is 5.86. The summed E-state index contributed by atoms with van der Waals surface area (Å²) in [6.07, 6.45) is 1.76. The maximum Gasteiger partial charge on any atom is 0.337 e. The van der Waals surface area contributed by atoms with Gasteiger partial charge in [0.2, 0.25) is 0 Å². The number of thioether (sulfide) groups is 1. The summed E-state index contributed by atoms with van der Waals surface area (Å²) in [6.45, 7) is 0.138. The quantitative estimate of drug-likeness (QED) is 0.120. The molecule has 12 heteroatoms. The van der Waals surface area contributed by atoms with Gasteiger partial charge in [-0.2, -0.15) is 0 Å². The molecule has 3 aromatic rings. The first kappa shape index (κ1) is 27.6. The van der Waals surface area contributed by atoms with Gasteiger partial charge in [-0.05, 0) is 97.2 Å². The number of halogens is 2. The number of nitro groups is 1. The first-order valence-electron chi connectivity index (χ1n) is 11.0. The van der Waals surface area contributed by atoms with E-state index in [1.54, 1.807) is 49.5 Å². The average Bonchev–Trinajstić information content (AvgIpc) is 3.15. The van der Waals surface area contributed by atoms with Crippen LogP contribution >= 0.6 is 43.6 Å². The average molecular weight is 661 g/mol. The minimum atomic E-state index is -0.450. The van der Waals surface area contributed by atoms with Gasteiger partial charge < -0.3 is 9.47 Å². The summed E-state index contributed by atoms with van der Waals surface area (Å²) in [5, 5.41) is 11.5. The van der Waals surface area contributed by atoms with Gasteiger partial charge in [0.15, 0.2) is 5.17 Å². The molecule has 0 spiro atoms. The highest BCUT2D eigenvalue weighted by Crippen LogP contribution is 2.38. The molecule has 0 N–H and O–H groups in total. The largest absolute Gasteiger partial charge is 0.487 e. The van der Waals surface area contributed by atoms with Gasteiger partial charge in [0.05, 0.1) is 37.1 Å². The second-order valence-corrected chi connectivity index (χ2v) is 10.7. The topological polar surface area (TPSA) is 111 Å². The lowest BCUT2D eigenvalue weighted by atomic mass is 10.2. The summed E-state index contributed by atoms with van der Waals surface area (Å²) < 4.78 is 11.9. The molecule has 4 rings (SSSR count). The number of carbonyl (C=O) groups excluding carboxylic acids is 2. The fourth-order valence-electron chi connectivity index (χ4n) is 3.42. The Labute approximate surface area is 238 Å². The highest BCUT2D eigenvalue weighted by molar-refractivity contribution is 9.11. The third-order valence-corrected chi connectivity index (χ3v) is 7.58. The Kier molecular flexibility index (Phi) is 8.65. The van der Waals surface area contributed by atoms with Crippen molar-refractivity contribution in [2.45, 2.75) is 6.61 Å². The van der Waals surface area contributed by atoms with E-state index in [-0.39, 0.29) is 18.2 Å². The van der Waals surface area contributed by atoms with Crippen molar-refractivity contribution < 1.29 is 24.0 Å². The van der Waals surface area contributed by atoms with E-state index in [0.29, 0.717) is 41.6 Å². The number of nitro benzene ring substituents is 1. The number of esters is 1. The van der Waals surface area contributed by atoms with Gasteiger partial charge in [0.25, 0.3) is 11.6 Å². The van der Waals surface area contributed by atoms with Crippen LogP contribution < -0.4 is 4.74 Å². The molecule has 1 fully saturated rings. The van der Waals surface area contributed by atoms with Gasteiger partial charge in [-0.25, -0.2) is 9.79 Å². The van der Waals surface area contributed by atoms with E-state index in [1.165, 1.54) is 35.9 Å². The zero-order valence-electron chi connectivity index (χ0n) is 20.0. The van der Waals surface area contributed by atoms with E-state index < -0.39 is 10.9 Å². The summed E-state index contributed by atoms with van der Waals surface area (Å²) >= 11 is 8.26. The van der Waals surface area contributed by atoms with Crippen LogP contribution in [0.3, 0.4) is 0 Å². The van der Waals surface area contributed by atoms with Crippen molar-refractivity contribution in [2.75, 3.05) is 14.2 Å². The zero-order valence-corrected chi connectivity index (χ0v) is 24.0. The van der Waals surface area contributed by atoms with Crippen LogP contribution in [-0.4, -0.2) is 41.0 Å². The first-order valence-corrected chi connectivity index (χ1v) is 13.4. The molecule has 0 bridgehead atoms. The number of hydrogen-bond acceptors (Lipinski definition) is 8. The van der Waals surface area contributed by atoms with E-state index >= 15 is 0 Å². The van der Waals surface area contributed by atoms with E-state index in [2.05, 4.69) is 36.9 Å². The van der Waals surface area contributed by atoms with Crippen LogP contribution in [0.4, 0.5) is 11.4 Å². The van der Waals surface area contributed by atoms with Crippen molar-refractivity contribution in [3.8, 4) is 5.75 Å². The fraction of sp³-hybridized carbons (Fsp3) is 0.115. The molecule has 1 aliphatic rings. The number of methoxy groups -OCH3 is 1. The summed E-state index contributed by atoms with van der Waals surface area (Å²) in [7, 11) is 2.96. The number of hydrogen-bond donors (Lipinski definition) is 0. The monoisotopic (exact) mass is 659 g/mol. The molecule has 0 radical (unpaired) electrons. The SMILES string of the molecule is COC(=O)c1ccc(N=C2SC(=Cc3cc(Br)c(OCc4cccc([N+](=O)[O-])c4)c(Br)c3)C(=O)N2C)cc1. The minimum absolute atomic E-state index is 0.00368. The van der Waals surface area contributed by atoms with E-state index in [1.807, 2.05) is 12.1 Å². The van der Waals surface area contributed by atoms with Crippen LogP contribution in [0.5, 0.6) is 5.75 Å². The lowest BCUT2D eigenvalue weighted by Gasteiger charge is -2.11. The highest BCUT2D eigenvalue weighted by Gasteiger charge is 2.30. The molecule has 0 atom stereocenters. The molecule has 0 aromatic heterocycles. The second kappa shape index (κ2) is 11.9. The number of non-ortho nitro benzene ring substituents is 1. The first-order chi connectivity index (χ1) is 18.2. The third kappa shape index (κ3) is 6.32. The summed E-state index contributed by atoms with van der Waals surface area (Å²) in [5.41, 5.74) is 2.41. The van der Waals surface area contributed by atoms with Crippen LogP contribution in [0, 0.1) is 10.1 Å². The van der Waals surface area contributed by atoms with Gasteiger partial charge in [0.1, 0.15) is 12.4 Å². The van der Waals surface area contributed by atoms with Crippen molar-refractivity contribution >= 4 is 78.1 Å². The van der Waals surface area contributed by atoms with Crippen molar-refractivity contribution in [2.24, 2.45) is 4.99 Å². The Bertz CT molecular complexity index is 1470. The molecule has 0 unspecified atom stereocenters. The van der Waals surface area contributed by atoms with Gasteiger partial charge in [-0.1, -0.05) is 12.1 Å². The summed E-state index contributed by atoms with van der Waals surface area (Å²) in [4.78, 5) is 41.5. The molecule has 0 saturated carbocycles. The molecular weight excluding hydrogens is 642 g/mol. The van der Waals surface area contributed by atoms with Crippen molar-refractivity contribution in [3.05, 3.63) is 101 Å². The Morgan fingerprint density at radius 2 is 1.82 bits per heavy atom. The molecule has 38 heavy (non-hydrogen) atoms. The number of nitrogens with zero attached hydrogens (tertiary/aromatic N) is 3. The van der Waals surface area contributed by atoms with Gasteiger partial charge in [-0.3, -0.25) is 19.8 Å². The van der Waals surface area contributed by atoms with E-state index in [9.17, 15) is 19.7 Å². The van der Waals surface area contributed by atoms with Gasteiger partial charge >= 0.3 is 5.97 Å². The van der Waals surface area contributed by atoms with Gasteiger partial charge in [0, 0.05) is 19.2 Å². The molecule has 1 saturated heterocycles. The Morgan fingerprint density at radius 3 is 2.45 bits per heavy atom. The zero-order chi connectivity index (χ0) is 27.4. The number of rotatable bonds is 7. The molecule has 0 aliphatic carbocycles. The van der Waals surface area contributed by atoms with Crippen molar-refractivity contribution in [1.29, 1.82) is 0 Å². The van der Waals surface area contributed by atoms with Crippen molar-refractivity contribution in [1.82, 2.24) is 4.90 Å². The molecule has 1 aliphatic heterocycles. The third-order valence-electron chi connectivity index (χ3n) is 5.34. The molecule has 1 amide bonds. The standard InChI is InChI=1S/C26H19Br2N3O6S/c1-30-24(32)22(38-26(30)29-18-8-6-17(7-9-18)25(33)36-2)13-16-11-20(27)23(21(28)12-16)37-14-15-4-3-5-19(10-15)31(34)35/h3-13H,14H2,1-2H3. The predicted molar refractivity (Wildman–Crippen MR) is 152 cm³/mol. The normalized spacial score (nSPS) is 15.3. The second-order valence-electron chi connectivity index (χ2n) is 7.94. The van der Waals surface area contributed by atoms with Crippen molar-refractivity contribution in [3.63, 3.8) is 0 Å². The van der Waals surface area contributed by atoms with Crippen LogP contribution in [0.2, 0.25) is 0 Å². The number of carbonyl (C=O) groups is 2. The minimum Gasteiger partial charge on any atom is -0.487 e. The smallest absolute Gasteiger partial charge is 0.337 e. The summed E-state index contributed by atoms with van der Waals surface area (Å²) in [5.74, 6) is -0.105. The van der Waals surface area contributed by atoms with E-state index in [4.69, 9.17) is 9.47 Å². The number of ether oxygens (including phenoxy) is 2. The van der Waals surface area contributed by atoms with Gasteiger partial charge in [-0.15, -0.1) is 0 Å². The van der Waals surface area contributed by atoms with Crippen LogP contribution in [0.1, 0.15) is 21.5 Å². The van der Waals surface area contributed by atoms with Crippen LogP contribution in [0.25, 0.3) is 6.08 Å². The lowest BCUT2D eigenvalue weighted by molar-refractivity contribution is -0.384. The number of benzene rings is 3. The van der Waals surface area contributed by atoms with Crippen LogP contribution in [-0.2, 0) is 16.1 Å². The predicted octanol–water partition coefficient (Wildman–Crippen LogP) is 6.72. The Hall–Kier alpha value is -3.48. The molecule has 194 valence electrons. The number of amides is 1. The lowest BCUT2D eigenvalue weighted by Crippen LogP contribution is -2.23. The molecule has 3 aromatic carbocycles. The summed E-state index contributed by atoms with van der Waals surface area (Å²) in [6, 6.07) is 16.5. The molecule has 1 heterocycles. The maximum absolute atomic E-state index is 12.9.